The number of para-hydroxylation sites is 1. The molecule has 1 aromatic rings. The Morgan fingerprint density at radius 2 is 1.72 bits per heavy atom. The second kappa shape index (κ2) is 9.24. The minimum absolute atomic E-state index is 0.277. The van der Waals surface area contributed by atoms with Gasteiger partial charge in [-0.3, -0.25) is 9.59 Å². The van der Waals surface area contributed by atoms with Crippen molar-refractivity contribution in [1.29, 1.82) is 0 Å². The lowest BCUT2D eigenvalue weighted by atomic mass is 9.81. The molecule has 29 heavy (non-hydrogen) atoms. The second-order valence-corrected chi connectivity index (χ2v) is 7.72. The molecule has 0 aromatic heterocycles. The van der Waals surface area contributed by atoms with Crippen LogP contribution in [0, 0.1) is 5.82 Å². The van der Waals surface area contributed by atoms with Crippen LogP contribution in [0.4, 0.5) is 10.1 Å². The summed E-state index contributed by atoms with van der Waals surface area (Å²) in [5, 5.41) is 2.75. The SMILES string of the molecule is CC(=O)NC1(C(=O)OCC(=O)N2CCN(c3ccccc3F)CC2)CCCCC1. The molecule has 158 valence electrons. The Bertz CT molecular complexity index is 756. The summed E-state index contributed by atoms with van der Waals surface area (Å²) >= 11 is 0. The topological polar surface area (TPSA) is 78.9 Å². The van der Waals surface area contributed by atoms with Gasteiger partial charge in [0.15, 0.2) is 6.61 Å². The fourth-order valence-electron chi connectivity index (χ4n) is 4.13. The van der Waals surface area contributed by atoms with Crippen molar-refractivity contribution in [3.63, 3.8) is 0 Å². The van der Waals surface area contributed by atoms with Gasteiger partial charge in [-0.25, -0.2) is 9.18 Å². The van der Waals surface area contributed by atoms with Gasteiger partial charge >= 0.3 is 5.97 Å². The van der Waals surface area contributed by atoms with Gasteiger partial charge in [-0.2, -0.15) is 0 Å². The Morgan fingerprint density at radius 1 is 1.07 bits per heavy atom. The molecular formula is C21H28FN3O4. The molecule has 0 spiro atoms. The van der Waals surface area contributed by atoms with Crippen LogP contribution in [-0.4, -0.2) is 61.0 Å². The standard InChI is InChI=1S/C21H28FN3O4/c1-16(26)23-21(9-5-2-6-10-21)20(28)29-15-19(27)25-13-11-24(12-14-25)18-8-4-3-7-17(18)22/h3-4,7-8H,2,5-6,9-15H2,1H3,(H,23,26). The summed E-state index contributed by atoms with van der Waals surface area (Å²) in [5.74, 6) is -1.37. The van der Waals surface area contributed by atoms with Crippen molar-refractivity contribution in [2.45, 2.75) is 44.6 Å². The predicted molar refractivity (Wildman–Crippen MR) is 106 cm³/mol. The Morgan fingerprint density at radius 3 is 2.34 bits per heavy atom. The smallest absolute Gasteiger partial charge is 0.332 e. The van der Waals surface area contributed by atoms with E-state index in [4.69, 9.17) is 4.74 Å². The molecule has 0 bridgehead atoms. The van der Waals surface area contributed by atoms with E-state index < -0.39 is 11.5 Å². The number of amides is 2. The molecule has 2 fully saturated rings. The summed E-state index contributed by atoms with van der Waals surface area (Å²) in [5.41, 5.74) is -0.492. The van der Waals surface area contributed by atoms with Gasteiger partial charge in [0, 0.05) is 33.1 Å². The molecule has 7 nitrogen and oxygen atoms in total. The molecule has 2 amide bonds. The molecule has 1 aliphatic carbocycles. The van der Waals surface area contributed by atoms with Gasteiger partial charge in [0.05, 0.1) is 5.69 Å². The van der Waals surface area contributed by atoms with E-state index in [0.29, 0.717) is 44.7 Å². The van der Waals surface area contributed by atoms with E-state index in [9.17, 15) is 18.8 Å². The summed E-state index contributed by atoms with van der Waals surface area (Å²) in [7, 11) is 0. The highest BCUT2D eigenvalue weighted by Crippen LogP contribution is 2.29. The first kappa shape index (κ1) is 21.1. The first-order valence-corrected chi connectivity index (χ1v) is 10.1. The summed E-state index contributed by atoms with van der Waals surface area (Å²) in [6.07, 6.45) is 3.74. The number of carbonyl (C=O) groups excluding carboxylic acids is 3. The van der Waals surface area contributed by atoms with E-state index >= 15 is 0 Å². The van der Waals surface area contributed by atoms with Crippen molar-refractivity contribution < 1.29 is 23.5 Å². The van der Waals surface area contributed by atoms with Crippen molar-refractivity contribution in [3.05, 3.63) is 30.1 Å². The van der Waals surface area contributed by atoms with Crippen LogP contribution < -0.4 is 10.2 Å². The van der Waals surface area contributed by atoms with Crippen LogP contribution in [-0.2, 0) is 19.1 Å². The van der Waals surface area contributed by atoms with Gasteiger partial charge in [0.2, 0.25) is 5.91 Å². The summed E-state index contributed by atoms with van der Waals surface area (Å²) in [6, 6.07) is 6.57. The number of nitrogens with zero attached hydrogens (tertiary/aromatic N) is 2. The molecule has 1 aromatic carbocycles. The molecule has 0 radical (unpaired) electrons. The van der Waals surface area contributed by atoms with Crippen LogP contribution in [0.1, 0.15) is 39.0 Å². The third-order valence-corrected chi connectivity index (χ3v) is 5.67. The first-order valence-electron chi connectivity index (χ1n) is 10.1. The number of esters is 1. The predicted octanol–water partition coefficient (Wildman–Crippen LogP) is 1.86. The highest BCUT2D eigenvalue weighted by Gasteiger charge is 2.42. The summed E-state index contributed by atoms with van der Waals surface area (Å²) in [6.45, 7) is 2.92. The lowest BCUT2D eigenvalue weighted by Crippen LogP contribution is -2.56. The van der Waals surface area contributed by atoms with Crippen LogP contribution in [0.5, 0.6) is 0 Å². The zero-order valence-corrected chi connectivity index (χ0v) is 16.8. The molecule has 1 N–H and O–H groups in total. The van der Waals surface area contributed by atoms with Crippen molar-refractivity contribution >= 4 is 23.5 Å². The molecule has 0 atom stereocenters. The number of hydrogen-bond acceptors (Lipinski definition) is 5. The number of hydrogen-bond donors (Lipinski definition) is 1. The highest BCUT2D eigenvalue weighted by molar-refractivity contribution is 5.89. The average molecular weight is 405 g/mol. The maximum Gasteiger partial charge on any atom is 0.332 e. The van der Waals surface area contributed by atoms with E-state index in [0.717, 1.165) is 19.3 Å². The lowest BCUT2D eigenvalue weighted by molar-refractivity contribution is -0.160. The molecule has 1 aliphatic heterocycles. The van der Waals surface area contributed by atoms with E-state index in [1.165, 1.54) is 13.0 Å². The fourth-order valence-corrected chi connectivity index (χ4v) is 4.13. The minimum atomic E-state index is -1.02. The average Bonchev–Trinajstić information content (AvgIpc) is 2.72. The molecule has 2 aliphatic rings. The van der Waals surface area contributed by atoms with Crippen molar-refractivity contribution in [2.75, 3.05) is 37.7 Å². The van der Waals surface area contributed by atoms with Gasteiger partial charge in [-0.05, 0) is 25.0 Å². The lowest BCUT2D eigenvalue weighted by Gasteiger charge is -2.37. The molecule has 1 saturated heterocycles. The van der Waals surface area contributed by atoms with Crippen molar-refractivity contribution in [2.24, 2.45) is 0 Å². The van der Waals surface area contributed by atoms with Gasteiger partial charge in [0.25, 0.3) is 5.91 Å². The van der Waals surface area contributed by atoms with Crippen LogP contribution in [0.3, 0.4) is 0 Å². The van der Waals surface area contributed by atoms with Gasteiger partial charge in [-0.15, -0.1) is 0 Å². The summed E-state index contributed by atoms with van der Waals surface area (Å²) in [4.78, 5) is 40.2. The number of halogens is 1. The van der Waals surface area contributed by atoms with Crippen LogP contribution in [0.15, 0.2) is 24.3 Å². The Balaban J connectivity index is 1.51. The van der Waals surface area contributed by atoms with E-state index in [2.05, 4.69) is 5.32 Å². The molecule has 1 heterocycles. The highest BCUT2D eigenvalue weighted by atomic mass is 19.1. The minimum Gasteiger partial charge on any atom is -0.454 e. The summed E-state index contributed by atoms with van der Waals surface area (Å²) < 4.78 is 19.2. The number of anilines is 1. The number of nitrogens with one attached hydrogen (secondary N) is 1. The fraction of sp³-hybridized carbons (Fsp3) is 0.571. The van der Waals surface area contributed by atoms with Crippen LogP contribution in [0.2, 0.25) is 0 Å². The number of carbonyl (C=O) groups is 3. The largest absolute Gasteiger partial charge is 0.454 e. The molecule has 8 heteroatoms. The van der Waals surface area contributed by atoms with Gasteiger partial charge < -0.3 is 19.9 Å². The monoisotopic (exact) mass is 405 g/mol. The number of benzene rings is 1. The zero-order valence-electron chi connectivity index (χ0n) is 16.8. The van der Waals surface area contributed by atoms with Crippen LogP contribution in [0.25, 0.3) is 0 Å². The molecule has 3 rings (SSSR count). The Hall–Kier alpha value is -2.64. The maximum absolute atomic E-state index is 13.9. The third kappa shape index (κ3) is 5.05. The van der Waals surface area contributed by atoms with E-state index in [1.54, 1.807) is 23.1 Å². The van der Waals surface area contributed by atoms with Gasteiger partial charge in [-0.1, -0.05) is 31.4 Å². The molecular weight excluding hydrogens is 377 g/mol. The Labute approximate surface area is 170 Å². The molecule has 0 unspecified atom stereocenters. The normalized spacial score (nSPS) is 18.8. The number of piperazine rings is 1. The van der Waals surface area contributed by atoms with E-state index in [1.807, 2.05) is 4.90 Å². The second-order valence-electron chi connectivity index (χ2n) is 7.72. The van der Waals surface area contributed by atoms with Crippen molar-refractivity contribution in [1.82, 2.24) is 10.2 Å². The first-order chi connectivity index (χ1) is 13.9. The maximum atomic E-state index is 13.9. The van der Waals surface area contributed by atoms with Crippen LogP contribution >= 0.6 is 0 Å². The van der Waals surface area contributed by atoms with E-state index in [-0.39, 0.29) is 24.2 Å². The number of ether oxygens (including phenoxy) is 1. The number of rotatable bonds is 5. The van der Waals surface area contributed by atoms with Gasteiger partial charge in [0.1, 0.15) is 11.4 Å². The Kier molecular flexibility index (Phi) is 6.71. The molecule has 1 saturated carbocycles. The third-order valence-electron chi connectivity index (χ3n) is 5.67. The van der Waals surface area contributed by atoms with Crippen molar-refractivity contribution in [3.8, 4) is 0 Å². The zero-order chi connectivity index (χ0) is 20.9. The quantitative estimate of drug-likeness (QED) is 0.757.